The Morgan fingerprint density at radius 1 is 0.952 bits per heavy atom. The number of rotatable bonds is 11. The third kappa shape index (κ3) is 6.62. The van der Waals surface area contributed by atoms with Crippen molar-refractivity contribution >= 4 is 24.2 Å². The van der Waals surface area contributed by atoms with Gasteiger partial charge in [0.15, 0.2) is 0 Å². The van der Waals surface area contributed by atoms with Crippen molar-refractivity contribution in [1.82, 2.24) is 0 Å². The van der Waals surface area contributed by atoms with Gasteiger partial charge < -0.3 is 0 Å². The zero-order valence-electron chi connectivity index (χ0n) is 15.1. The molecule has 0 aromatic rings. The van der Waals surface area contributed by atoms with Crippen LogP contribution in [0, 0.1) is 5.41 Å². The summed E-state index contributed by atoms with van der Waals surface area (Å²) in [6.45, 7) is 9.47. The number of unbranched alkanes of at least 4 members (excludes halogenated alkanes) is 3. The Bertz CT molecular complexity index is 291. The van der Waals surface area contributed by atoms with Crippen molar-refractivity contribution in [2.45, 2.75) is 103 Å². The minimum atomic E-state index is -2.04. The number of carbonyl (C=O) groups excluding carboxylic acids is 1. The van der Waals surface area contributed by atoms with E-state index in [1.807, 2.05) is 0 Å². The van der Waals surface area contributed by atoms with E-state index in [0.29, 0.717) is 11.2 Å². The van der Waals surface area contributed by atoms with Crippen LogP contribution in [-0.4, -0.2) is 24.2 Å². The van der Waals surface area contributed by atoms with Gasteiger partial charge in [0.1, 0.15) is 0 Å². The molecule has 0 aliphatic heterocycles. The molecule has 21 heavy (non-hydrogen) atoms. The molecule has 1 aliphatic carbocycles. The summed E-state index contributed by atoms with van der Waals surface area (Å²) in [5.74, 6) is 0.541. The van der Waals surface area contributed by atoms with Gasteiger partial charge in [0, 0.05) is 0 Å². The van der Waals surface area contributed by atoms with Crippen LogP contribution in [-0.2, 0) is 4.79 Å². The molecule has 0 saturated heterocycles. The summed E-state index contributed by atoms with van der Waals surface area (Å²) in [4.78, 5) is 11.8. The van der Waals surface area contributed by atoms with E-state index in [4.69, 9.17) is 0 Å². The molecular formula is C19H38OSn. The van der Waals surface area contributed by atoms with Crippen LogP contribution in [0.2, 0.25) is 17.7 Å². The molecule has 1 nitrogen and oxygen atoms in total. The molecule has 2 heteroatoms. The van der Waals surface area contributed by atoms with Gasteiger partial charge in [-0.05, 0) is 0 Å². The SMILES string of the molecule is CCC[CH2][Sn]([CH2]CCC)([CH2]CCC)[CH2]C1(C)CCC(=O)C1. The summed E-state index contributed by atoms with van der Waals surface area (Å²) in [6.07, 6.45) is 11.4. The van der Waals surface area contributed by atoms with E-state index in [0.717, 1.165) is 12.8 Å². The van der Waals surface area contributed by atoms with Gasteiger partial charge in [-0.3, -0.25) is 0 Å². The molecule has 1 atom stereocenters. The summed E-state index contributed by atoms with van der Waals surface area (Å²) in [5, 5.41) is 0. The maximum atomic E-state index is 11.8. The topological polar surface area (TPSA) is 17.1 Å². The van der Waals surface area contributed by atoms with Gasteiger partial charge in [-0.1, -0.05) is 0 Å². The number of Topliss-reactive ketones (excluding diaryl/α,β-unsaturated/α-hetero) is 1. The molecule has 1 fully saturated rings. The molecule has 0 amide bonds. The number of hydrogen-bond acceptors (Lipinski definition) is 1. The van der Waals surface area contributed by atoms with Crippen LogP contribution in [0.25, 0.3) is 0 Å². The van der Waals surface area contributed by atoms with E-state index < -0.39 is 18.4 Å². The van der Waals surface area contributed by atoms with Crippen LogP contribution < -0.4 is 0 Å². The second-order valence-corrected chi connectivity index (χ2v) is 21.9. The average molecular weight is 401 g/mol. The van der Waals surface area contributed by atoms with E-state index in [1.165, 1.54) is 49.4 Å². The van der Waals surface area contributed by atoms with E-state index in [2.05, 4.69) is 27.7 Å². The Labute approximate surface area is 137 Å². The van der Waals surface area contributed by atoms with E-state index >= 15 is 0 Å². The molecule has 0 radical (unpaired) electrons. The van der Waals surface area contributed by atoms with Gasteiger partial charge in [-0.15, -0.1) is 0 Å². The van der Waals surface area contributed by atoms with Crippen molar-refractivity contribution in [3.63, 3.8) is 0 Å². The van der Waals surface area contributed by atoms with Crippen LogP contribution in [0.4, 0.5) is 0 Å². The second-order valence-electron chi connectivity index (χ2n) is 8.01. The summed E-state index contributed by atoms with van der Waals surface area (Å²) in [7, 11) is 0. The Hall–Kier alpha value is 0.469. The molecule has 1 unspecified atom stereocenters. The van der Waals surface area contributed by atoms with Crippen LogP contribution in [0.5, 0.6) is 0 Å². The predicted octanol–water partition coefficient (Wildman–Crippen LogP) is 6.59. The number of ketones is 1. The van der Waals surface area contributed by atoms with Crippen molar-refractivity contribution in [3.05, 3.63) is 0 Å². The maximum absolute atomic E-state index is 11.8. The molecule has 0 N–H and O–H groups in total. The molecule has 1 rings (SSSR count). The summed E-state index contributed by atoms with van der Waals surface area (Å²) < 4.78 is 6.28. The molecular weight excluding hydrogens is 363 g/mol. The van der Waals surface area contributed by atoms with Gasteiger partial charge in [0.05, 0.1) is 0 Å². The Kier molecular flexibility index (Phi) is 8.90. The van der Waals surface area contributed by atoms with E-state index in [1.54, 1.807) is 13.3 Å². The van der Waals surface area contributed by atoms with Gasteiger partial charge in [0.2, 0.25) is 0 Å². The van der Waals surface area contributed by atoms with Crippen LogP contribution in [0.1, 0.15) is 85.5 Å². The fraction of sp³-hybridized carbons (Fsp3) is 0.947. The van der Waals surface area contributed by atoms with Crippen molar-refractivity contribution in [2.75, 3.05) is 0 Å². The molecule has 0 aromatic carbocycles. The Balaban J connectivity index is 2.81. The third-order valence-electron chi connectivity index (χ3n) is 5.62. The molecule has 1 saturated carbocycles. The molecule has 1 aliphatic rings. The molecule has 0 spiro atoms. The first kappa shape index (κ1) is 19.5. The summed E-state index contributed by atoms with van der Waals surface area (Å²) in [6, 6.07) is 0. The summed E-state index contributed by atoms with van der Waals surface area (Å²) >= 11 is -2.04. The summed E-state index contributed by atoms with van der Waals surface area (Å²) in [5.41, 5.74) is 0.391. The molecule has 0 aromatic heterocycles. The third-order valence-corrected chi connectivity index (χ3v) is 22.3. The number of carbonyl (C=O) groups is 1. The molecule has 0 bridgehead atoms. The number of hydrogen-bond donors (Lipinski definition) is 0. The second kappa shape index (κ2) is 9.57. The first-order chi connectivity index (χ1) is 9.99. The molecule has 0 heterocycles. The monoisotopic (exact) mass is 402 g/mol. The average Bonchev–Trinajstić information content (AvgIpc) is 2.79. The predicted molar refractivity (Wildman–Crippen MR) is 96.7 cm³/mol. The minimum absolute atomic E-state index is 0.391. The normalized spacial score (nSPS) is 23.0. The fourth-order valence-electron chi connectivity index (χ4n) is 4.45. The van der Waals surface area contributed by atoms with Gasteiger partial charge in [0.25, 0.3) is 0 Å². The van der Waals surface area contributed by atoms with Crippen molar-refractivity contribution in [2.24, 2.45) is 5.41 Å². The zero-order chi connectivity index (χ0) is 15.8. The van der Waals surface area contributed by atoms with Crippen LogP contribution in [0.15, 0.2) is 0 Å². The fourth-order valence-corrected chi connectivity index (χ4v) is 23.6. The standard InChI is InChI=1S/C7H11O.3C4H9.Sn/c1-7(2)4-3-6(8)5-7;3*1-3-4-2;/h1,3-5H2,2H3;3*1,3-4H2,2H3;. The van der Waals surface area contributed by atoms with Crippen molar-refractivity contribution in [3.8, 4) is 0 Å². The van der Waals surface area contributed by atoms with Gasteiger partial charge >= 0.3 is 138 Å². The first-order valence-electron chi connectivity index (χ1n) is 9.51. The Morgan fingerprint density at radius 2 is 1.43 bits per heavy atom. The van der Waals surface area contributed by atoms with Crippen molar-refractivity contribution < 1.29 is 4.79 Å². The van der Waals surface area contributed by atoms with Crippen LogP contribution in [0.3, 0.4) is 0 Å². The van der Waals surface area contributed by atoms with Gasteiger partial charge in [-0.25, -0.2) is 0 Å². The first-order valence-corrected chi connectivity index (χ1v) is 17.6. The van der Waals surface area contributed by atoms with Gasteiger partial charge in [-0.2, -0.15) is 0 Å². The zero-order valence-corrected chi connectivity index (χ0v) is 18.0. The molecule has 124 valence electrons. The van der Waals surface area contributed by atoms with E-state index in [-0.39, 0.29) is 0 Å². The Morgan fingerprint density at radius 3 is 1.76 bits per heavy atom. The van der Waals surface area contributed by atoms with E-state index in [9.17, 15) is 4.79 Å². The quantitative estimate of drug-likeness (QED) is 0.357. The van der Waals surface area contributed by atoms with Crippen LogP contribution >= 0.6 is 0 Å². The van der Waals surface area contributed by atoms with Crippen molar-refractivity contribution in [1.29, 1.82) is 0 Å².